The first-order valence-corrected chi connectivity index (χ1v) is 6.68. The van der Waals surface area contributed by atoms with E-state index in [4.69, 9.17) is 0 Å². The molecule has 16 heavy (non-hydrogen) atoms. The van der Waals surface area contributed by atoms with Gasteiger partial charge in [0.25, 0.3) is 0 Å². The number of rotatable bonds is 4. The molecule has 0 unspecified atom stereocenters. The van der Waals surface area contributed by atoms with Gasteiger partial charge in [-0.2, -0.15) is 0 Å². The third kappa shape index (κ3) is 3.06. The van der Waals surface area contributed by atoms with Crippen LogP contribution in [0.1, 0.15) is 12.5 Å². The summed E-state index contributed by atoms with van der Waals surface area (Å²) < 4.78 is 24.0. The SMILES string of the molecule is CC(=O)Cc1ccccc1N(C)S(C)(=O)=O. The highest BCUT2D eigenvalue weighted by atomic mass is 32.2. The zero-order valence-electron chi connectivity index (χ0n) is 9.60. The highest BCUT2D eigenvalue weighted by molar-refractivity contribution is 7.92. The van der Waals surface area contributed by atoms with E-state index in [2.05, 4.69) is 0 Å². The first-order chi connectivity index (χ1) is 7.32. The van der Waals surface area contributed by atoms with Crippen molar-refractivity contribution >= 4 is 21.5 Å². The molecule has 0 spiro atoms. The third-order valence-electron chi connectivity index (χ3n) is 2.27. The lowest BCUT2D eigenvalue weighted by Crippen LogP contribution is -2.26. The second-order valence-electron chi connectivity index (χ2n) is 3.74. The van der Waals surface area contributed by atoms with Gasteiger partial charge in [-0.1, -0.05) is 18.2 Å². The normalized spacial score (nSPS) is 11.2. The Balaban J connectivity index is 3.18. The van der Waals surface area contributed by atoms with Gasteiger partial charge in [-0.15, -0.1) is 0 Å². The van der Waals surface area contributed by atoms with Crippen molar-refractivity contribution in [2.75, 3.05) is 17.6 Å². The summed E-state index contributed by atoms with van der Waals surface area (Å²) in [6.07, 6.45) is 1.38. The Hall–Kier alpha value is -1.36. The predicted octanol–water partition coefficient (Wildman–Crippen LogP) is 1.21. The Bertz CT molecular complexity index is 494. The number of hydrogen-bond donors (Lipinski definition) is 0. The number of nitrogens with zero attached hydrogens (tertiary/aromatic N) is 1. The third-order valence-corrected chi connectivity index (χ3v) is 3.46. The molecule has 0 fully saturated rings. The summed E-state index contributed by atoms with van der Waals surface area (Å²) in [7, 11) is -1.81. The number of hydrogen-bond acceptors (Lipinski definition) is 3. The molecular formula is C11H15NO3S. The summed E-state index contributed by atoms with van der Waals surface area (Å²) in [6, 6.07) is 7.00. The number of ketones is 1. The van der Waals surface area contributed by atoms with E-state index >= 15 is 0 Å². The van der Waals surface area contributed by atoms with Crippen molar-refractivity contribution in [1.82, 2.24) is 0 Å². The van der Waals surface area contributed by atoms with Gasteiger partial charge in [-0.25, -0.2) is 8.42 Å². The lowest BCUT2D eigenvalue weighted by Gasteiger charge is -2.19. The molecule has 1 rings (SSSR count). The molecule has 0 heterocycles. The molecule has 1 aromatic carbocycles. The molecule has 0 saturated heterocycles. The van der Waals surface area contributed by atoms with Crippen LogP contribution in [0.5, 0.6) is 0 Å². The number of anilines is 1. The zero-order chi connectivity index (χ0) is 12.3. The van der Waals surface area contributed by atoms with Crippen molar-refractivity contribution in [3.63, 3.8) is 0 Å². The zero-order valence-corrected chi connectivity index (χ0v) is 10.4. The Labute approximate surface area is 95.9 Å². The molecule has 0 amide bonds. The van der Waals surface area contributed by atoms with Gasteiger partial charge in [0.2, 0.25) is 10.0 Å². The van der Waals surface area contributed by atoms with E-state index in [9.17, 15) is 13.2 Å². The maximum Gasteiger partial charge on any atom is 0.232 e. The van der Waals surface area contributed by atoms with Gasteiger partial charge < -0.3 is 0 Å². The second-order valence-corrected chi connectivity index (χ2v) is 5.75. The first kappa shape index (κ1) is 12.7. The van der Waals surface area contributed by atoms with Crippen LogP contribution in [0.2, 0.25) is 0 Å². The first-order valence-electron chi connectivity index (χ1n) is 4.83. The fraction of sp³-hybridized carbons (Fsp3) is 0.364. The molecule has 5 heteroatoms. The molecule has 0 saturated carbocycles. The van der Waals surface area contributed by atoms with Crippen molar-refractivity contribution in [1.29, 1.82) is 0 Å². The standard InChI is InChI=1S/C11H15NO3S/c1-9(13)8-10-6-4-5-7-11(10)12(2)16(3,14)15/h4-7H,8H2,1-3H3. The Morgan fingerprint density at radius 2 is 1.88 bits per heavy atom. The number of para-hydroxylation sites is 1. The van der Waals surface area contributed by atoms with Crippen molar-refractivity contribution in [2.24, 2.45) is 0 Å². The van der Waals surface area contributed by atoms with Gasteiger partial charge in [-0.3, -0.25) is 9.10 Å². The minimum atomic E-state index is -3.29. The smallest absolute Gasteiger partial charge is 0.232 e. The van der Waals surface area contributed by atoms with Gasteiger partial charge in [0.15, 0.2) is 0 Å². The molecule has 0 aliphatic heterocycles. The predicted molar refractivity (Wildman–Crippen MR) is 64.1 cm³/mol. The minimum Gasteiger partial charge on any atom is -0.300 e. The van der Waals surface area contributed by atoms with Crippen molar-refractivity contribution in [2.45, 2.75) is 13.3 Å². The lowest BCUT2D eigenvalue weighted by molar-refractivity contribution is -0.116. The van der Waals surface area contributed by atoms with E-state index < -0.39 is 10.0 Å². The van der Waals surface area contributed by atoms with Crippen molar-refractivity contribution in [3.05, 3.63) is 29.8 Å². The molecule has 0 atom stereocenters. The van der Waals surface area contributed by atoms with E-state index in [0.29, 0.717) is 5.69 Å². The van der Waals surface area contributed by atoms with Crippen LogP contribution in [0.3, 0.4) is 0 Å². The van der Waals surface area contributed by atoms with E-state index in [1.807, 2.05) is 0 Å². The van der Waals surface area contributed by atoms with Crippen LogP contribution in [-0.4, -0.2) is 27.5 Å². The van der Waals surface area contributed by atoms with Crippen LogP contribution in [0.25, 0.3) is 0 Å². The van der Waals surface area contributed by atoms with Crippen LogP contribution in [0.4, 0.5) is 5.69 Å². The van der Waals surface area contributed by atoms with E-state index in [-0.39, 0.29) is 12.2 Å². The minimum absolute atomic E-state index is 0.00866. The van der Waals surface area contributed by atoms with E-state index in [0.717, 1.165) is 11.8 Å². The van der Waals surface area contributed by atoms with Crippen LogP contribution in [-0.2, 0) is 21.2 Å². The highest BCUT2D eigenvalue weighted by Crippen LogP contribution is 2.21. The summed E-state index contributed by atoms with van der Waals surface area (Å²) in [6.45, 7) is 1.48. The maximum absolute atomic E-state index is 11.4. The summed E-state index contributed by atoms with van der Waals surface area (Å²) in [5.41, 5.74) is 1.28. The number of carbonyl (C=O) groups excluding carboxylic acids is 1. The molecule has 0 bridgehead atoms. The summed E-state index contributed by atoms with van der Waals surface area (Å²) in [4.78, 5) is 11.1. The largest absolute Gasteiger partial charge is 0.300 e. The Morgan fingerprint density at radius 1 is 1.31 bits per heavy atom. The maximum atomic E-state index is 11.4. The molecule has 0 aliphatic rings. The number of carbonyl (C=O) groups is 1. The summed E-state index contributed by atoms with van der Waals surface area (Å²) in [5, 5.41) is 0. The lowest BCUT2D eigenvalue weighted by atomic mass is 10.1. The highest BCUT2D eigenvalue weighted by Gasteiger charge is 2.15. The van der Waals surface area contributed by atoms with Gasteiger partial charge in [0.05, 0.1) is 11.9 Å². The number of sulfonamides is 1. The molecule has 0 aliphatic carbocycles. The Kier molecular flexibility index (Phi) is 3.70. The van der Waals surface area contributed by atoms with Gasteiger partial charge in [0.1, 0.15) is 5.78 Å². The second kappa shape index (κ2) is 4.65. The number of Topliss-reactive ketones (excluding diaryl/α,β-unsaturated/α-hetero) is 1. The Morgan fingerprint density at radius 3 is 2.38 bits per heavy atom. The molecule has 4 nitrogen and oxygen atoms in total. The van der Waals surface area contributed by atoms with Crippen LogP contribution < -0.4 is 4.31 Å². The van der Waals surface area contributed by atoms with Crippen LogP contribution >= 0.6 is 0 Å². The molecule has 0 radical (unpaired) electrons. The van der Waals surface area contributed by atoms with Crippen LogP contribution in [0, 0.1) is 0 Å². The molecule has 0 aromatic heterocycles. The molecule has 88 valence electrons. The van der Waals surface area contributed by atoms with Gasteiger partial charge in [0, 0.05) is 13.5 Å². The summed E-state index contributed by atoms with van der Waals surface area (Å²) >= 11 is 0. The molecular weight excluding hydrogens is 226 g/mol. The average Bonchev–Trinajstić information content (AvgIpc) is 2.15. The van der Waals surface area contributed by atoms with Gasteiger partial charge >= 0.3 is 0 Å². The number of benzene rings is 1. The van der Waals surface area contributed by atoms with Gasteiger partial charge in [-0.05, 0) is 18.6 Å². The van der Waals surface area contributed by atoms with E-state index in [1.165, 1.54) is 18.3 Å². The fourth-order valence-electron chi connectivity index (χ4n) is 1.41. The molecule has 0 N–H and O–H groups in total. The molecule has 1 aromatic rings. The average molecular weight is 241 g/mol. The fourth-order valence-corrected chi connectivity index (χ4v) is 1.95. The van der Waals surface area contributed by atoms with Crippen molar-refractivity contribution in [3.8, 4) is 0 Å². The monoisotopic (exact) mass is 241 g/mol. The van der Waals surface area contributed by atoms with Crippen LogP contribution in [0.15, 0.2) is 24.3 Å². The summed E-state index contributed by atoms with van der Waals surface area (Å²) in [5.74, 6) is 0.00866. The van der Waals surface area contributed by atoms with Crippen molar-refractivity contribution < 1.29 is 13.2 Å². The van der Waals surface area contributed by atoms with E-state index in [1.54, 1.807) is 24.3 Å². The topological polar surface area (TPSA) is 54.5 Å². The quantitative estimate of drug-likeness (QED) is 0.796.